The van der Waals surface area contributed by atoms with E-state index in [-0.39, 0.29) is 107 Å². The van der Waals surface area contributed by atoms with E-state index in [1.165, 1.54) is 88.4 Å². The Morgan fingerprint density at radius 1 is 0.506 bits per heavy atom. The number of halogens is 2. The van der Waals surface area contributed by atoms with Crippen LogP contribution < -0.4 is 0 Å². The first-order chi connectivity index (χ1) is 36.0. The molecule has 0 aliphatic rings. The average Bonchev–Trinajstić information content (AvgIpc) is 3.34. The fourth-order valence-electron chi connectivity index (χ4n) is 7.42. The Balaban J connectivity index is 0.000000497. The first kappa shape index (κ1) is 70.0. The number of aliphatic hydroxyl groups is 3. The summed E-state index contributed by atoms with van der Waals surface area (Å²) < 4.78 is 26.8. The number of nitrogens with zero attached hydrogens (tertiary/aromatic N) is 3. The quantitative estimate of drug-likeness (QED) is 0.0840. The Morgan fingerprint density at radius 3 is 1.62 bits per heavy atom. The molecule has 3 N–H and O–H groups in total. The van der Waals surface area contributed by atoms with Gasteiger partial charge >= 0.3 is 0 Å². The van der Waals surface area contributed by atoms with Crippen LogP contribution in [-0.2, 0) is 74.7 Å². The third-order valence-electron chi connectivity index (χ3n) is 10.6. The molecule has 0 saturated heterocycles. The maximum Gasteiger partial charge on any atom is 0.155 e. The molecule has 14 heteroatoms. The summed E-state index contributed by atoms with van der Waals surface area (Å²) in [7, 11) is 0. The molecule has 0 unspecified atom stereocenters. The van der Waals surface area contributed by atoms with Gasteiger partial charge in [0.1, 0.15) is 5.82 Å². The van der Waals surface area contributed by atoms with Crippen LogP contribution in [0.1, 0.15) is 69.4 Å². The van der Waals surface area contributed by atoms with Crippen LogP contribution >= 0.6 is 0 Å². The van der Waals surface area contributed by atoms with Gasteiger partial charge in [-0.3, -0.25) is 28.7 Å². The number of aromatic nitrogens is 3. The van der Waals surface area contributed by atoms with Gasteiger partial charge in [-0.2, -0.15) is 0 Å². The molecule has 0 fully saturated rings. The van der Waals surface area contributed by atoms with E-state index in [1.807, 2.05) is 79.9 Å². The maximum atomic E-state index is 13.5. The zero-order valence-electron chi connectivity index (χ0n) is 45.7. The van der Waals surface area contributed by atoms with E-state index >= 15 is 0 Å². The Labute approximate surface area is 502 Å². The number of hydrogen-bond acceptors (Lipinski definition) is 9. The summed E-state index contributed by atoms with van der Waals surface area (Å²) in [5.41, 5.74) is 11.1. The molecule has 0 amide bonds. The molecule has 9 rings (SSSR count). The molecule has 0 atom stereocenters. The van der Waals surface area contributed by atoms with E-state index in [4.69, 9.17) is 15.3 Å². The van der Waals surface area contributed by atoms with Crippen LogP contribution in [0.3, 0.4) is 0 Å². The Bertz CT molecular complexity index is 3480. The number of carbonyl (C=O) groups is 3. The summed E-state index contributed by atoms with van der Waals surface area (Å²) in [5, 5.41) is 30.5. The molecule has 417 valence electrons. The molecule has 3 aromatic heterocycles. The van der Waals surface area contributed by atoms with Crippen molar-refractivity contribution in [1.82, 2.24) is 15.0 Å². The van der Waals surface area contributed by atoms with E-state index in [9.17, 15) is 23.2 Å². The molecule has 3 heterocycles. The third kappa shape index (κ3) is 23.9. The van der Waals surface area contributed by atoms with Crippen molar-refractivity contribution in [2.24, 2.45) is 0 Å². The third-order valence-corrected chi connectivity index (χ3v) is 10.6. The number of fused-ring (bicyclic) bond motifs is 3. The van der Waals surface area contributed by atoms with Crippen LogP contribution in [0.25, 0.3) is 66.2 Å². The van der Waals surface area contributed by atoms with E-state index in [0.717, 1.165) is 66.4 Å². The molecular weight excluding hydrogens is 1530 g/mol. The molecule has 9 nitrogen and oxygen atoms in total. The van der Waals surface area contributed by atoms with Crippen LogP contribution in [0.5, 0.6) is 0 Å². The number of allylic oxidation sites excluding steroid dienone is 6. The van der Waals surface area contributed by atoms with Crippen molar-refractivity contribution >= 4 is 49.8 Å². The van der Waals surface area contributed by atoms with E-state index in [1.54, 1.807) is 32.2 Å². The number of pyridine rings is 3. The zero-order valence-corrected chi connectivity index (χ0v) is 52.9. The summed E-state index contributed by atoms with van der Waals surface area (Å²) in [5.74, 6) is -0.614. The topological polar surface area (TPSA) is 151 Å². The first-order valence-corrected chi connectivity index (χ1v) is 24.1. The minimum absolute atomic E-state index is 0. The van der Waals surface area contributed by atoms with Gasteiger partial charge < -0.3 is 20.3 Å². The predicted molar refractivity (Wildman–Crippen MR) is 303 cm³/mol. The molecule has 0 saturated carbocycles. The summed E-state index contributed by atoms with van der Waals surface area (Å²) in [6.45, 7) is 18.2. The van der Waals surface area contributed by atoms with Gasteiger partial charge in [-0.05, 0) is 100 Å². The molecule has 0 aliphatic carbocycles. The van der Waals surface area contributed by atoms with Crippen molar-refractivity contribution in [2.75, 3.05) is 0 Å². The number of ketones is 3. The van der Waals surface area contributed by atoms with Crippen LogP contribution in [-0.4, -0.2) is 47.6 Å². The smallest absolute Gasteiger partial charge is 0.155 e. The van der Waals surface area contributed by atoms with Crippen molar-refractivity contribution in [3.63, 3.8) is 0 Å². The summed E-state index contributed by atoms with van der Waals surface area (Å²) in [6.07, 6.45) is 7.09. The minimum atomic E-state index is -0.237. The molecule has 3 radical (unpaired) electrons. The molecular formula is C65H62F2Ir3N3O6-3. The second-order valence-corrected chi connectivity index (χ2v) is 17.8. The van der Waals surface area contributed by atoms with E-state index in [2.05, 4.69) is 83.4 Å². The molecule has 0 bridgehead atoms. The zero-order chi connectivity index (χ0) is 56.1. The molecule has 0 aliphatic heterocycles. The Hall–Kier alpha value is -7.01. The SMILES string of the molecule is CC(=O)C=C(C)O.CC(=O)C=C(C)O.CC(=O)C=C(C)O.Cc1[c-]c(-c2ccc3cc(F)c(C)cc3n2)cc(C)c1.Cc1cc(-c2nccc3ccccc23)[c-]cc1F.Cc1cc2ccccc2[c-]c1-c1ccccn1.[Ir].[Ir].[Ir]. The van der Waals surface area contributed by atoms with Gasteiger partial charge in [0.25, 0.3) is 0 Å². The van der Waals surface area contributed by atoms with E-state index in [0.29, 0.717) is 11.1 Å². The fourth-order valence-corrected chi connectivity index (χ4v) is 7.42. The fraction of sp³-hybridized carbons (Fsp3) is 0.169. The normalized spacial score (nSPS) is 10.6. The maximum absolute atomic E-state index is 13.5. The molecule has 0 spiro atoms. The van der Waals surface area contributed by atoms with Gasteiger partial charge in [0.15, 0.2) is 17.3 Å². The van der Waals surface area contributed by atoms with Gasteiger partial charge in [-0.15, -0.1) is 87.8 Å². The number of aliphatic hydroxyl groups excluding tert-OH is 3. The Kier molecular flexibility index (Phi) is 30.8. The number of aryl methyl sites for hydroxylation is 5. The van der Waals surface area contributed by atoms with Crippen molar-refractivity contribution in [2.45, 2.75) is 76.2 Å². The number of hydrogen-bond donors (Lipinski definition) is 3. The predicted octanol–water partition coefficient (Wildman–Crippen LogP) is 16.0. The van der Waals surface area contributed by atoms with Gasteiger partial charge in [-0.1, -0.05) is 111 Å². The van der Waals surface area contributed by atoms with Gasteiger partial charge in [-0.25, -0.2) is 4.39 Å². The van der Waals surface area contributed by atoms with E-state index < -0.39 is 0 Å². The largest absolute Gasteiger partial charge is 0.512 e. The molecule has 9 aromatic rings. The molecule has 79 heavy (non-hydrogen) atoms. The van der Waals surface area contributed by atoms with Crippen LogP contribution in [0, 0.1) is 64.5 Å². The van der Waals surface area contributed by atoms with Gasteiger partial charge in [0.05, 0.1) is 22.8 Å². The van der Waals surface area contributed by atoms with Crippen molar-refractivity contribution in [3.05, 3.63) is 233 Å². The summed E-state index contributed by atoms with van der Waals surface area (Å²) in [6, 6.07) is 50.6. The minimum Gasteiger partial charge on any atom is -0.512 e. The number of rotatable bonds is 6. The first-order valence-electron chi connectivity index (χ1n) is 24.1. The monoisotopic (exact) mass is 1600 g/mol. The number of benzene rings is 6. The number of carbonyl (C=O) groups excluding carboxylic acids is 3. The summed E-state index contributed by atoms with van der Waals surface area (Å²) >= 11 is 0. The van der Waals surface area contributed by atoms with Crippen molar-refractivity contribution in [1.29, 1.82) is 0 Å². The van der Waals surface area contributed by atoms with Crippen LogP contribution in [0.4, 0.5) is 8.78 Å². The van der Waals surface area contributed by atoms with Gasteiger partial charge in [0, 0.05) is 108 Å². The van der Waals surface area contributed by atoms with Gasteiger partial charge in [0.2, 0.25) is 0 Å². The Morgan fingerprint density at radius 2 is 1.08 bits per heavy atom. The second-order valence-electron chi connectivity index (χ2n) is 17.8. The van der Waals surface area contributed by atoms with Crippen LogP contribution in [0.2, 0.25) is 0 Å². The average molecular weight is 1600 g/mol. The van der Waals surface area contributed by atoms with Crippen molar-refractivity contribution in [3.8, 4) is 33.8 Å². The standard InChI is InChI=1S/C18H15FN.C16H11FN.C16H12N.3C5H8O2.3Ir/c1-11-6-12(2)8-15(7-11)17-5-4-14-10-16(19)13(3)9-18(14)20-17;1-11-10-13(6-7-15(11)17)16-14-5-3-2-4-12(14)8-9-18-16;1-12-10-13-6-2-3-7-14(13)11-15(12)16-8-4-5-9-17-16;3*1-4(6)3-5(2)7;;;/h4-7,9-10H,1-3H3;2-5,7-10H,1H3;2-10H,1H3;3*3,6H,1-2H3;;;/q3*-1;;;;;;. The summed E-state index contributed by atoms with van der Waals surface area (Å²) in [4.78, 5) is 43.5. The van der Waals surface area contributed by atoms with Crippen molar-refractivity contribution < 1.29 is 98.8 Å². The second kappa shape index (κ2) is 34.8. The van der Waals surface area contributed by atoms with Crippen LogP contribution in [0.15, 0.2) is 175 Å². The molecule has 6 aromatic carbocycles.